The van der Waals surface area contributed by atoms with Crippen LogP contribution < -0.4 is 14.8 Å². The average Bonchev–Trinajstić information content (AvgIpc) is 2.80. The van der Waals surface area contributed by atoms with Gasteiger partial charge in [0.1, 0.15) is 0 Å². The molecule has 1 N–H and O–H groups in total. The number of nitrogens with zero attached hydrogens (tertiary/aromatic N) is 1. The lowest BCUT2D eigenvalue weighted by Crippen LogP contribution is -2.48. The highest BCUT2D eigenvalue weighted by atomic mass is 16.5. The molecule has 0 radical (unpaired) electrons. The van der Waals surface area contributed by atoms with Gasteiger partial charge in [-0.1, -0.05) is 43.3 Å². The molecule has 3 rings (SSSR count). The highest BCUT2D eigenvalue weighted by molar-refractivity contribution is 5.84. The number of likely N-dealkylation sites (tertiary alicyclic amines) is 1. The van der Waals surface area contributed by atoms with E-state index >= 15 is 0 Å². The van der Waals surface area contributed by atoms with Crippen molar-refractivity contribution in [3.05, 3.63) is 59.7 Å². The molecule has 0 aliphatic carbocycles. The summed E-state index contributed by atoms with van der Waals surface area (Å²) >= 11 is 0. The number of piperidine rings is 1. The predicted molar refractivity (Wildman–Crippen MR) is 120 cm³/mol. The van der Waals surface area contributed by atoms with Crippen molar-refractivity contribution in [3.63, 3.8) is 0 Å². The van der Waals surface area contributed by atoms with Gasteiger partial charge >= 0.3 is 0 Å². The Bertz CT molecular complexity index is 876. The summed E-state index contributed by atoms with van der Waals surface area (Å²) < 4.78 is 10.6. The Kier molecular flexibility index (Phi) is 7.93. The van der Waals surface area contributed by atoms with Crippen LogP contribution in [-0.4, -0.2) is 50.1 Å². The van der Waals surface area contributed by atoms with Crippen molar-refractivity contribution >= 4 is 11.8 Å². The highest BCUT2D eigenvalue weighted by Crippen LogP contribution is 2.28. The van der Waals surface area contributed by atoms with E-state index in [9.17, 15) is 9.59 Å². The number of carbonyl (C=O) groups excluding carboxylic acids is 2. The van der Waals surface area contributed by atoms with E-state index in [1.54, 1.807) is 14.2 Å². The number of ether oxygens (including phenoxy) is 2. The summed E-state index contributed by atoms with van der Waals surface area (Å²) in [6.45, 7) is 3.39. The number of carbonyl (C=O) groups is 2. The van der Waals surface area contributed by atoms with E-state index in [-0.39, 0.29) is 30.2 Å². The van der Waals surface area contributed by atoms with Crippen LogP contribution >= 0.6 is 0 Å². The fraction of sp³-hybridized carbons (Fsp3) is 0.440. The maximum absolute atomic E-state index is 13.0. The summed E-state index contributed by atoms with van der Waals surface area (Å²) in [5.41, 5.74) is 1.94. The van der Waals surface area contributed by atoms with Gasteiger partial charge in [-0.2, -0.15) is 0 Å². The first-order valence-electron chi connectivity index (χ1n) is 10.9. The number of benzene rings is 2. The van der Waals surface area contributed by atoms with Crippen molar-refractivity contribution in [2.75, 3.05) is 27.3 Å². The number of rotatable bonds is 8. The normalized spacial score (nSPS) is 15.3. The van der Waals surface area contributed by atoms with Crippen LogP contribution in [0.3, 0.4) is 0 Å². The Labute approximate surface area is 184 Å². The lowest BCUT2D eigenvalue weighted by Gasteiger charge is -2.34. The molecule has 1 heterocycles. The number of amides is 2. The second kappa shape index (κ2) is 10.8. The number of hydrogen-bond donors (Lipinski definition) is 1. The number of methoxy groups -OCH3 is 2. The minimum absolute atomic E-state index is 0.0206. The summed E-state index contributed by atoms with van der Waals surface area (Å²) in [6, 6.07) is 15.6. The summed E-state index contributed by atoms with van der Waals surface area (Å²) in [5, 5.41) is 3.12. The summed E-state index contributed by atoms with van der Waals surface area (Å²) in [4.78, 5) is 27.5. The molecule has 1 aliphatic heterocycles. The molecule has 1 saturated heterocycles. The third kappa shape index (κ3) is 5.78. The molecule has 0 bridgehead atoms. The molecule has 31 heavy (non-hydrogen) atoms. The zero-order chi connectivity index (χ0) is 22.2. The first kappa shape index (κ1) is 22.7. The molecule has 2 aromatic carbocycles. The summed E-state index contributed by atoms with van der Waals surface area (Å²) in [7, 11) is 3.17. The maximum atomic E-state index is 13.0. The SMILES string of the molecule is CCC(C(=O)N1CCC(NC(=O)Cc2ccc(OC)c(OC)c2)CC1)c1ccccc1. The van der Waals surface area contributed by atoms with Gasteiger partial charge in [-0.05, 0) is 42.5 Å². The van der Waals surface area contributed by atoms with Gasteiger partial charge in [0.05, 0.1) is 26.6 Å². The van der Waals surface area contributed by atoms with Crippen LogP contribution in [0, 0.1) is 0 Å². The van der Waals surface area contributed by atoms with Gasteiger partial charge in [-0.25, -0.2) is 0 Å². The van der Waals surface area contributed by atoms with Crippen molar-refractivity contribution in [3.8, 4) is 11.5 Å². The fourth-order valence-corrected chi connectivity index (χ4v) is 4.16. The highest BCUT2D eigenvalue weighted by Gasteiger charge is 2.28. The summed E-state index contributed by atoms with van der Waals surface area (Å²) in [5.74, 6) is 1.32. The van der Waals surface area contributed by atoms with Crippen LogP contribution in [0.15, 0.2) is 48.5 Å². The van der Waals surface area contributed by atoms with E-state index in [4.69, 9.17) is 9.47 Å². The standard InChI is InChI=1S/C25H32N2O4/c1-4-21(19-8-6-5-7-9-19)25(29)27-14-12-20(13-15-27)26-24(28)17-18-10-11-22(30-2)23(16-18)31-3/h5-11,16,20-21H,4,12-15,17H2,1-3H3,(H,26,28). The van der Waals surface area contributed by atoms with E-state index in [0.717, 1.165) is 30.4 Å². The second-order valence-electron chi connectivity index (χ2n) is 7.90. The van der Waals surface area contributed by atoms with Crippen molar-refractivity contribution in [1.29, 1.82) is 0 Å². The number of hydrogen-bond acceptors (Lipinski definition) is 4. The molecule has 1 aliphatic rings. The van der Waals surface area contributed by atoms with Gasteiger partial charge in [0.2, 0.25) is 11.8 Å². The first-order valence-corrected chi connectivity index (χ1v) is 10.9. The Balaban J connectivity index is 1.50. The summed E-state index contributed by atoms with van der Waals surface area (Å²) in [6.07, 6.45) is 2.61. The van der Waals surface area contributed by atoms with Gasteiger partial charge in [-0.15, -0.1) is 0 Å². The van der Waals surface area contributed by atoms with Gasteiger partial charge in [-0.3, -0.25) is 9.59 Å². The zero-order valence-corrected chi connectivity index (χ0v) is 18.6. The Morgan fingerprint density at radius 2 is 1.71 bits per heavy atom. The maximum Gasteiger partial charge on any atom is 0.230 e. The third-order valence-electron chi connectivity index (χ3n) is 5.89. The van der Waals surface area contributed by atoms with Gasteiger partial charge in [0, 0.05) is 19.1 Å². The molecular formula is C25H32N2O4. The van der Waals surface area contributed by atoms with Crippen molar-refractivity contribution in [1.82, 2.24) is 10.2 Å². The molecule has 6 nitrogen and oxygen atoms in total. The minimum atomic E-state index is -0.0996. The molecular weight excluding hydrogens is 392 g/mol. The molecule has 6 heteroatoms. The molecule has 0 aromatic heterocycles. The monoisotopic (exact) mass is 424 g/mol. The topological polar surface area (TPSA) is 67.9 Å². The van der Waals surface area contributed by atoms with Crippen molar-refractivity contribution < 1.29 is 19.1 Å². The zero-order valence-electron chi connectivity index (χ0n) is 18.6. The van der Waals surface area contributed by atoms with Crippen LogP contribution in [0.1, 0.15) is 43.2 Å². The van der Waals surface area contributed by atoms with Gasteiger partial charge in [0.25, 0.3) is 0 Å². The molecule has 0 saturated carbocycles. The Morgan fingerprint density at radius 1 is 1.03 bits per heavy atom. The largest absolute Gasteiger partial charge is 0.493 e. The quantitative estimate of drug-likeness (QED) is 0.704. The van der Waals surface area contributed by atoms with Gasteiger partial charge in [0.15, 0.2) is 11.5 Å². The second-order valence-corrected chi connectivity index (χ2v) is 7.90. The van der Waals surface area contributed by atoms with Crippen molar-refractivity contribution in [2.24, 2.45) is 0 Å². The fourth-order valence-electron chi connectivity index (χ4n) is 4.16. The average molecular weight is 425 g/mol. The Morgan fingerprint density at radius 3 is 2.32 bits per heavy atom. The van der Waals surface area contributed by atoms with Gasteiger partial charge < -0.3 is 19.7 Å². The van der Waals surface area contributed by atoms with Crippen LogP contribution in [0.2, 0.25) is 0 Å². The lowest BCUT2D eigenvalue weighted by molar-refractivity contribution is -0.134. The molecule has 0 spiro atoms. The Hall–Kier alpha value is -3.02. The molecule has 1 fully saturated rings. The van der Waals surface area contributed by atoms with Crippen LogP contribution in [0.25, 0.3) is 0 Å². The minimum Gasteiger partial charge on any atom is -0.493 e. The first-order chi connectivity index (χ1) is 15.0. The van der Waals surface area contributed by atoms with E-state index in [1.165, 1.54) is 0 Å². The molecule has 2 amide bonds. The third-order valence-corrected chi connectivity index (χ3v) is 5.89. The van der Waals surface area contributed by atoms with Crippen LogP contribution in [0.4, 0.5) is 0 Å². The predicted octanol–water partition coefficient (Wildman–Crippen LogP) is 3.55. The number of nitrogens with one attached hydrogen (secondary N) is 1. The van der Waals surface area contributed by atoms with Crippen LogP contribution in [0.5, 0.6) is 11.5 Å². The van der Waals surface area contributed by atoms with E-state index in [2.05, 4.69) is 12.2 Å². The van der Waals surface area contributed by atoms with Crippen LogP contribution in [-0.2, 0) is 16.0 Å². The smallest absolute Gasteiger partial charge is 0.230 e. The molecule has 166 valence electrons. The van der Waals surface area contributed by atoms with E-state index < -0.39 is 0 Å². The molecule has 1 atom stereocenters. The van der Waals surface area contributed by atoms with E-state index in [1.807, 2.05) is 53.4 Å². The lowest BCUT2D eigenvalue weighted by atomic mass is 9.93. The van der Waals surface area contributed by atoms with Crippen molar-refractivity contribution in [2.45, 2.75) is 44.6 Å². The van der Waals surface area contributed by atoms with E-state index in [0.29, 0.717) is 24.6 Å². The molecule has 2 aromatic rings. The molecule has 1 unspecified atom stereocenters.